The van der Waals surface area contributed by atoms with Gasteiger partial charge in [-0.15, -0.1) is 5.10 Å². The highest BCUT2D eigenvalue weighted by Gasteiger charge is 2.61. The lowest BCUT2D eigenvalue weighted by molar-refractivity contribution is -0.126. The second kappa shape index (κ2) is 6.27. The molecule has 2 aliphatic rings. The molecule has 8 nitrogen and oxygen atoms in total. The highest BCUT2D eigenvalue weighted by molar-refractivity contribution is 6.26. The zero-order chi connectivity index (χ0) is 21.9. The molecule has 152 valence electrons. The van der Waals surface area contributed by atoms with Gasteiger partial charge in [0.15, 0.2) is 0 Å². The van der Waals surface area contributed by atoms with Crippen molar-refractivity contribution >= 4 is 17.5 Å². The van der Waals surface area contributed by atoms with Gasteiger partial charge in [-0.25, -0.2) is 9.29 Å². The van der Waals surface area contributed by atoms with Gasteiger partial charge in [0.25, 0.3) is 5.91 Å². The van der Waals surface area contributed by atoms with Crippen molar-refractivity contribution in [3.8, 4) is 23.2 Å². The van der Waals surface area contributed by atoms with Gasteiger partial charge in [0, 0.05) is 18.1 Å². The number of amides is 2. The van der Waals surface area contributed by atoms with Crippen LogP contribution >= 0.6 is 0 Å². The quantitative estimate of drug-likeness (QED) is 0.629. The summed E-state index contributed by atoms with van der Waals surface area (Å²) in [6.07, 6.45) is 0. The first-order valence-electron chi connectivity index (χ1n) is 9.28. The van der Waals surface area contributed by atoms with Crippen molar-refractivity contribution in [3.05, 3.63) is 76.9 Å². The van der Waals surface area contributed by atoms with Crippen LogP contribution in [-0.4, -0.2) is 22.0 Å². The molecule has 2 aromatic carbocycles. The zero-order valence-electron chi connectivity index (χ0n) is 16.1. The van der Waals surface area contributed by atoms with Gasteiger partial charge < -0.3 is 10.5 Å². The van der Waals surface area contributed by atoms with Crippen molar-refractivity contribution in [2.45, 2.75) is 12.3 Å². The molecule has 0 saturated carbocycles. The molecule has 0 radical (unpaired) electrons. The summed E-state index contributed by atoms with van der Waals surface area (Å²) in [5.41, 5.74) is 6.01. The number of benzene rings is 2. The molecule has 0 saturated heterocycles. The summed E-state index contributed by atoms with van der Waals surface area (Å²) < 4.78 is 19.1. The number of para-hydroxylation sites is 1. The number of nitrogens with two attached hydrogens (primary N) is 1. The number of ether oxygens (including phenoxy) is 1. The van der Waals surface area contributed by atoms with Crippen molar-refractivity contribution < 1.29 is 18.7 Å². The van der Waals surface area contributed by atoms with Crippen LogP contribution in [0.15, 0.2) is 60.0 Å². The lowest BCUT2D eigenvalue weighted by Crippen LogP contribution is -2.47. The van der Waals surface area contributed by atoms with Crippen LogP contribution < -0.4 is 15.4 Å². The van der Waals surface area contributed by atoms with Crippen LogP contribution in [0, 0.1) is 17.1 Å². The van der Waals surface area contributed by atoms with E-state index in [2.05, 4.69) is 10.2 Å². The third kappa shape index (κ3) is 2.24. The number of hydrogen-bond acceptors (Lipinski definition) is 6. The molecule has 31 heavy (non-hydrogen) atoms. The number of H-pyrrole nitrogens is 1. The van der Waals surface area contributed by atoms with E-state index in [-0.39, 0.29) is 22.9 Å². The Bertz CT molecular complexity index is 1350. The standard InChI is InChI=1S/C22H14FN5O3/c1-11(29)28-16-5-3-2-4-14(16)22(21(28)30)15(10-24)19(25)31-20-17(22)18(26-27-20)12-6-8-13(23)9-7-12/h2-9H,25H2,1H3,(H,26,27). The minimum Gasteiger partial charge on any atom is -0.420 e. The maximum Gasteiger partial charge on any atom is 0.254 e. The molecule has 3 aromatic rings. The third-order valence-electron chi connectivity index (χ3n) is 5.57. The van der Waals surface area contributed by atoms with Crippen LogP contribution in [0.5, 0.6) is 5.88 Å². The van der Waals surface area contributed by atoms with Crippen LogP contribution in [0.1, 0.15) is 18.1 Å². The van der Waals surface area contributed by atoms with Crippen molar-refractivity contribution in [3.63, 3.8) is 0 Å². The maximum absolute atomic E-state index is 13.9. The molecular weight excluding hydrogens is 401 g/mol. The minimum absolute atomic E-state index is 0.00406. The molecule has 1 spiro atoms. The molecule has 2 amide bonds. The molecule has 1 unspecified atom stereocenters. The van der Waals surface area contributed by atoms with E-state index < -0.39 is 23.0 Å². The number of halogens is 1. The highest BCUT2D eigenvalue weighted by atomic mass is 19.1. The summed E-state index contributed by atoms with van der Waals surface area (Å²) in [5, 5.41) is 17.0. The topological polar surface area (TPSA) is 125 Å². The normalized spacial score (nSPS) is 19.1. The SMILES string of the molecule is CC(=O)N1C(=O)C2(C(C#N)=C(N)Oc3n[nH]c(-c4ccc(F)cc4)c32)c2ccccc21. The smallest absolute Gasteiger partial charge is 0.254 e. The van der Waals surface area contributed by atoms with Crippen molar-refractivity contribution in [1.82, 2.24) is 10.2 Å². The van der Waals surface area contributed by atoms with Gasteiger partial charge in [-0.3, -0.25) is 14.7 Å². The molecule has 1 aromatic heterocycles. The van der Waals surface area contributed by atoms with Crippen LogP contribution in [0.2, 0.25) is 0 Å². The van der Waals surface area contributed by atoms with Crippen LogP contribution in [0.4, 0.5) is 10.1 Å². The third-order valence-corrected chi connectivity index (χ3v) is 5.57. The van der Waals surface area contributed by atoms with E-state index >= 15 is 0 Å². The molecule has 1 atom stereocenters. The molecule has 0 aliphatic carbocycles. The van der Waals surface area contributed by atoms with Crippen LogP contribution in [0.3, 0.4) is 0 Å². The van der Waals surface area contributed by atoms with Crippen LogP contribution in [0.25, 0.3) is 11.3 Å². The van der Waals surface area contributed by atoms with Crippen molar-refractivity contribution in [2.75, 3.05) is 4.90 Å². The second-order valence-corrected chi connectivity index (χ2v) is 7.17. The number of carbonyl (C=O) groups excluding carboxylic acids is 2. The Morgan fingerprint density at radius 1 is 1.26 bits per heavy atom. The zero-order valence-corrected chi connectivity index (χ0v) is 16.1. The molecule has 0 bridgehead atoms. The largest absolute Gasteiger partial charge is 0.420 e. The Morgan fingerprint density at radius 2 is 1.97 bits per heavy atom. The molecule has 2 aliphatic heterocycles. The molecule has 3 heterocycles. The molecule has 0 fully saturated rings. The number of hydrogen-bond donors (Lipinski definition) is 2. The van der Waals surface area contributed by atoms with Gasteiger partial charge in [-0.1, -0.05) is 18.2 Å². The van der Waals surface area contributed by atoms with Crippen molar-refractivity contribution in [1.29, 1.82) is 5.26 Å². The summed E-state index contributed by atoms with van der Waals surface area (Å²) >= 11 is 0. The van der Waals surface area contributed by atoms with Crippen LogP contribution in [-0.2, 0) is 15.0 Å². The number of imide groups is 1. The van der Waals surface area contributed by atoms with Crippen molar-refractivity contribution in [2.24, 2.45) is 5.73 Å². The molecule has 3 N–H and O–H groups in total. The van der Waals surface area contributed by atoms with Gasteiger partial charge in [-0.2, -0.15) is 5.26 Å². The number of nitrogens with zero attached hydrogens (tertiary/aromatic N) is 3. The number of nitriles is 1. The summed E-state index contributed by atoms with van der Waals surface area (Å²) in [6, 6.07) is 14.2. The van der Waals surface area contributed by atoms with Gasteiger partial charge >= 0.3 is 0 Å². The number of nitrogens with one attached hydrogen (secondary N) is 1. The summed E-state index contributed by atoms with van der Waals surface area (Å²) in [4.78, 5) is 27.4. The molecule has 9 heteroatoms. The predicted octanol–water partition coefficient (Wildman–Crippen LogP) is 2.48. The summed E-state index contributed by atoms with van der Waals surface area (Å²) in [5.74, 6) is -1.87. The number of fused-ring (bicyclic) bond motifs is 4. The van der Waals surface area contributed by atoms with Gasteiger partial charge in [0.1, 0.15) is 22.9 Å². The van der Waals surface area contributed by atoms with E-state index in [9.17, 15) is 19.2 Å². The Balaban J connectivity index is 1.91. The van der Waals surface area contributed by atoms with Gasteiger partial charge in [0.05, 0.1) is 16.9 Å². The average molecular weight is 415 g/mol. The lowest BCUT2D eigenvalue weighted by atomic mass is 9.68. The van der Waals surface area contributed by atoms with E-state index in [1.807, 2.05) is 6.07 Å². The Hall–Kier alpha value is -4.45. The Morgan fingerprint density at radius 3 is 2.65 bits per heavy atom. The fraction of sp³-hybridized carbons (Fsp3) is 0.0909. The molecule has 5 rings (SSSR count). The maximum atomic E-state index is 13.9. The van der Waals surface area contributed by atoms with Gasteiger partial charge in [-0.05, 0) is 30.3 Å². The first-order valence-corrected chi connectivity index (χ1v) is 9.28. The summed E-state index contributed by atoms with van der Waals surface area (Å²) in [7, 11) is 0. The highest BCUT2D eigenvalue weighted by Crippen LogP contribution is 2.56. The first-order chi connectivity index (χ1) is 14.9. The number of rotatable bonds is 1. The molecular formula is C22H14FN5O3. The number of aromatic amines is 1. The summed E-state index contributed by atoms with van der Waals surface area (Å²) in [6.45, 7) is 1.27. The predicted molar refractivity (Wildman–Crippen MR) is 107 cm³/mol. The average Bonchev–Trinajstić information content (AvgIpc) is 3.27. The number of carbonyl (C=O) groups is 2. The minimum atomic E-state index is -1.74. The fourth-order valence-corrected chi connectivity index (χ4v) is 4.35. The monoisotopic (exact) mass is 415 g/mol. The van der Waals surface area contributed by atoms with Gasteiger partial charge in [0.2, 0.25) is 17.7 Å². The number of aromatic nitrogens is 2. The van der Waals surface area contributed by atoms with E-state index in [1.165, 1.54) is 31.2 Å². The Labute approximate surface area is 175 Å². The number of anilines is 1. The Kier molecular flexibility index (Phi) is 3.76. The second-order valence-electron chi connectivity index (χ2n) is 7.17. The van der Waals surface area contributed by atoms with E-state index in [0.29, 0.717) is 22.5 Å². The lowest BCUT2D eigenvalue weighted by Gasteiger charge is -2.32. The fourth-order valence-electron chi connectivity index (χ4n) is 4.35. The van der Waals surface area contributed by atoms with E-state index in [0.717, 1.165) is 4.90 Å². The van der Waals surface area contributed by atoms with E-state index in [1.54, 1.807) is 24.3 Å². The first kappa shape index (κ1) is 18.6. The van der Waals surface area contributed by atoms with E-state index in [4.69, 9.17) is 10.5 Å².